The number of methoxy groups -OCH3 is 1. The third-order valence-electron chi connectivity index (χ3n) is 3.52. The van der Waals surface area contributed by atoms with Crippen LogP contribution in [0.3, 0.4) is 0 Å². The summed E-state index contributed by atoms with van der Waals surface area (Å²) in [5, 5.41) is 3.59. The summed E-state index contributed by atoms with van der Waals surface area (Å²) in [4.78, 5) is 16.6. The Bertz CT molecular complexity index is 794. The van der Waals surface area contributed by atoms with Crippen LogP contribution in [0.5, 0.6) is 0 Å². The maximum absolute atomic E-state index is 12.1. The van der Waals surface area contributed by atoms with Crippen LogP contribution < -0.4 is 5.32 Å². The zero-order valence-electron chi connectivity index (χ0n) is 14.0. The maximum atomic E-state index is 12.1. The van der Waals surface area contributed by atoms with E-state index < -0.39 is 0 Å². The number of hydrogen-bond acceptors (Lipinski definition) is 6. The Morgan fingerprint density at radius 2 is 2.08 bits per heavy atom. The van der Waals surface area contributed by atoms with E-state index in [1.807, 2.05) is 24.3 Å². The lowest BCUT2D eigenvalue weighted by molar-refractivity contribution is 0.0687. The Morgan fingerprint density at radius 3 is 2.92 bits per heavy atom. The van der Waals surface area contributed by atoms with Gasteiger partial charge in [0.25, 0.3) is 5.91 Å². The van der Waals surface area contributed by atoms with Gasteiger partial charge in [0.15, 0.2) is 16.5 Å². The van der Waals surface area contributed by atoms with Crippen LogP contribution in [-0.2, 0) is 9.47 Å². The van der Waals surface area contributed by atoms with Crippen molar-refractivity contribution in [2.45, 2.75) is 6.42 Å². The number of furan rings is 1. The highest BCUT2D eigenvalue weighted by molar-refractivity contribution is 7.21. The van der Waals surface area contributed by atoms with Crippen molar-refractivity contribution in [2.24, 2.45) is 0 Å². The molecule has 132 valence electrons. The number of thiazole rings is 1. The molecule has 1 amide bonds. The lowest BCUT2D eigenvalue weighted by Crippen LogP contribution is -2.25. The van der Waals surface area contributed by atoms with Crippen LogP contribution in [0.15, 0.2) is 40.8 Å². The van der Waals surface area contributed by atoms with Gasteiger partial charge >= 0.3 is 0 Å². The Morgan fingerprint density at radius 1 is 1.20 bits per heavy atom. The number of para-hydroxylation sites is 1. The van der Waals surface area contributed by atoms with Gasteiger partial charge in [0, 0.05) is 20.3 Å². The van der Waals surface area contributed by atoms with Gasteiger partial charge in [-0.25, -0.2) is 4.98 Å². The van der Waals surface area contributed by atoms with E-state index in [2.05, 4.69) is 10.3 Å². The fraction of sp³-hybridized carbons (Fsp3) is 0.333. The molecule has 1 N–H and O–H groups in total. The molecule has 6 nitrogen and oxygen atoms in total. The second-order valence-corrected chi connectivity index (χ2v) is 6.40. The predicted octanol–water partition coefficient (Wildman–Crippen LogP) is 3.34. The first-order chi connectivity index (χ1) is 12.3. The van der Waals surface area contributed by atoms with Gasteiger partial charge in [-0.1, -0.05) is 12.1 Å². The second-order valence-electron chi connectivity index (χ2n) is 5.37. The van der Waals surface area contributed by atoms with Crippen molar-refractivity contribution in [1.29, 1.82) is 0 Å². The largest absolute Gasteiger partial charge is 0.448 e. The minimum absolute atomic E-state index is 0.232. The number of amides is 1. The van der Waals surface area contributed by atoms with E-state index in [1.165, 1.54) is 0 Å². The number of carbonyl (C=O) groups excluding carboxylic acids is 1. The highest BCUT2D eigenvalue weighted by atomic mass is 32.1. The van der Waals surface area contributed by atoms with Crippen LogP contribution in [0.1, 0.15) is 17.0 Å². The van der Waals surface area contributed by atoms with Crippen LogP contribution in [-0.4, -0.2) is 44.4 Å². The average Bonchev–Trinajstić information content (AvgIpc) is 3.27. The van der Waals surface area contributed by atoms with Crippen LogP contribution in [0.2, 0.25) is 0 Å². The average molecular weight is 360 g/mol. The van der Waals surface area contributed by atoms with Crippen molar-refractivity contribution in [1.82, 2.24) is 10.3 Å². The van der Waals surface area contributed by atoms with Crippen LogP contribution in [0.25, 0.3) is 21.0 Å². The Kier molecular flexibility index (Phi) is 6.16. The van der Waals surface area contributed by atoms with Crippen molar-refractivity contribution >= 4 is 27.5 Å². The standard InChI is InChI=1S/C18H20N2O4S/c1-22-11-12-23-10-4-9-19-17(21)14-7-8-15(24-14)18-20-13-5-2-3-6-16(13)25-18/h2-3,5-8H,4,9-12H2,1H3,(H,19,21). The lowest BCUT2D eigenvalue weighted by Gasteiger charge is -2.04. The molecule has 0 atom stereocenters. The third-order valence-corrected chi connectivity index (χ3v) is 4.57. The predicted molar refractivity (Wildman–Crippen MR) is 97.0 cm³/mol. The highest BCUT2D eigenvalue weighted by Crippen LogP contribution is 2.31. The van der Waals surface area contributed by atoms with Gasteiger partial charge in [0.05, 0.1) is 23.4 Å². The molecule has 1 aromatic carbocycles. The Labute approximate surface area is 149 Å². The van der Waals surface area contributed by atoms with Gasteiger partial charge < -0.3 is 19.2 Å². The summed E-state index contributed by atoms with van der Waals surface area (Å²) in [5.41, 5.74) is 0.929. The fourth-order valence-electron chi connectivity index (χ4n) is 2.26. The Hall–Kier alpha value is -2.22. The lowest BCUT2D eigenvalue weighted by atomic mass is 10.3. The number of hydrogen-bond donors (Lipinski definition) is 1. The SMILES string of the molecule is COCCOCCCNC(=O)c1ccc(-c2nc3ccccc3s2)o1. The van der Waals surface area contributed by atoms with E-state index in [1.54, 1.807) is 30.6 Å². The minimum atomic E-state index is -0.232. The number of fused-ring (bicyclic) bond motifs is 1. The number of benzene rings is 1. The van der Waals surface area contributed by atoms with Gasteiger partial charge in [0.2, 0.25) is 0 Å². The summed E-state index contributed by atoms with van der Waals surface area (Å²) in [6.07, 6.45) is 0.737. The minimum Gasteiger partial charge on any atom is -0.448 e. The molecule has 0 saturated carbocycles. The molecule has 3 aromatic rings. The first-order valence-electron chi connectivity index (χ1n) is 8.08. The van der Waals surface area contributed by atoms with Crippen LogP contribution >= 0.6 is 11.3 Å². The van der Waals surface area contributed by atoms with Crippen LogP contribution in [0, 0.1) is 0 Å². The molecule has 0 aliphatic rings. The van der Waals surface area contributed by atoms with Gasteiger partial charge in [0.1, 0.15) is 0 Å². The molecule has 7 heteroatoms. The summed E-state index contributed by atoms with van der Waals surface area (Å²) in [5.74, 6) is 0.660. The molecule has 0 aliphatic heterocycles. The van der Waals surface area contributed by atoms with Crippen molar-refractivity contribution in [3.63, 3.8) is 0 Å². The van der Waals surface area contributed by atoms with Crippen molar-refractivity contribution in [3.05, 3.63) is 42.2 Å². The molecule has 25 heavy (non-hydrogen) atoms. The first kappa shape index (κ1) is 17.6. The quantitative estimate of drug-likeness (QED) is 0.593. The maximum Gasteiger partial charge on any atom is 0.287 e. The molecular weight excluding hydrogens is 340 g/mol. The van der Waals surface area contributed by atoms with E-state index in [0.717, 1.165) is 21.6 Å². The van der Waals surface area contributed by atoms with E-state index in [-0.39, 0.29) is 11.7 Å². The second kappa shape index (κ2) is 8.75. The van der Waals surface area contributed by atoms with Gasteiger partial charge in [-0.2, -0.15) is 0 Å². The zero-order chi connectivity index (χ0) is 17.5. The molecule has 0 unspecified atom stereocenters. The number of nitrogens with zero attached hydrogens (tertiary/aromatic N) is 1. The molecule has 0 spiro atoms. The number of nitrogens with one attached hydrogen (secondary N) is 1. The first-order valence-corrected chi connectivity index (χ1v) is 8.90. The van der Waals surface area contributed by atoms with E-state index in [9.17, 15) is 4.79 Å². The highest BCUT2D eigenvalue weighted by Gasteiger charge is 2.14. The molecule has 0 aliphatic carbocycles. The van der Waals surface area contributed by atoms with E-state index >= 15 is 0 Å². The number of carbonyl (C=O) groups is 1. The molecular formula is C18H20N2O4S. The monoisotopic (exact) mass is 360 g/mol. The van der Waals surface area contributed by atoms with Gasteiger partial charge in [-0.15, -0.1) is 11.3 Å². The van der Waals surface area contributed by atoms with Crippen molar-refractivity contribution < 1.29 is 18.7 Å². The summed E-state index contributed by atoms with van der Waals surface area (Å²) in [6.45, 7) is 2.25. The smallest absolute Gasteiger partial charge is 0.287 e. The summed E-state index contributed by atoms with van der Waals surface area (Å²) >= 11 is 1.54. The number of rotatable bonds is 9. The molecule has 0 fully saturated rings. The summed E-state index contributed by atoms with van der Waals surface area (Å²) in [6, 6.07) is 11.4. The molecule has 0 bridgehead atoms. The van der Waals surface area contributed by atoms with Crippen molar-refractivity contribution in [3.8, 4) is 10.8 Å². The summed E-state index contributed by atoms with van der Waals surface area (Å²) < 4.78 is 17.0. The topological polar surface area (TPSA) is 73.6 Å². The fourth-order valence-corrected chi connectivity index (χ4v) is 3.19. The molecule has 3 rings (SSSR count). The van der Waals surface area contributed by atoms with Crippen LogP contribution in [0.4, 0.5) is 0 Å². The van der Waals surface area contributed by atoms with Gasteiger partial charge in [-0.3, -0.25) is 4.79 Å². The van der Waals surface area contributed by atoms with E-state index in [0.29, 0.717) is 32.1 Å². The van der Waals surface area contributed by atoms with Gasteiger partial charge in [-0.05, 0) is 30.7 Å². The molecule has 0 radical (unpaired) electrons. The van der Waals surface area contributed by atoms with Crippen molar-refractivity contribution in [2.75, 3.05) is 33.5 Å². The summed E-state index contributed by atoms with van der Waals surface area (Å²) in [7, 11) is 1.63. The normalized spacial score (nSPS) is 11.1. The number of aromatic nitrogens is 1. The number of ether oxygens (including phenoxy) is 2. The molecule has 2 heterocycles. The molecule has 0 saturated heterocycles. The molecule has 2 aromatic heterocycles. The zero-order valence-corrected chi connectivity index (χ0v) is 14.8. The Balaban J connectivity index is 1.51. The van der Waals surface area contributed by atoms with E-state index in [4.69, 9.17) is 13.9 Å². The third kappa shape index (κ3) is 4.66.